The van der Waals surface area contributed by atoms with Crippen LogP contribution < -0.4 is 0 Å². The van der Waals surface area contributed by atoms with Gasteiger partial charge in [0.15, 0.2) is 0 Å². The van der Waals surface area contributed by atoms with Crippen molar-refractivity contribution in [1.29, 1.82) is 0 Å². The molecule has 0 heterocycles. The molecule has 0 saturated heterocycles. The lowest BCUT2D eigenvalue weighted by Crippen LogP contribution is -2.37. The molecular weight excluding hydrogens is 261 g/mol. The molecule has 1 nitrogen and oxygen atoms in total. The molecule has 1 aliphatic carbocycles. The molecular formula is C19H22FN. The second-order valence-electron chi connectivity index (χ2n) is 5.89. The van der Waals surface area contributed by atoms with Gasteiger partial charge in [-0.15, -0.1) is 0 Å². The molecule has 0 spiro atoms. The number of nitrogens with zero attached hydrogens (tertiary/aromatic N) is 1. The summed E-state index contributed by atoms with van der Waals surface area (Å²) in [4.78, 5) is 2.31. The van der Waals surface area contributed by atoms with Gasteiger partial charge in [-0.3, -0.25) is 4.90 Å². The normalized spacial score (nSPS) is 21.8. The Morgan fingerprint density at radius 3 is 1.76 bits per heavy atom. The minimum absolute atomic E-state index is 0.0606. The Morgan fingerprint density at radius 2 is 1.33 bits per heavy atom. The van der Waals surface area contributed by atoms with Crippen LogP contribution in [-0.2, 0) is 13.1 Å². The van der Waals surface area contributed by atoms with Crippen molar-refractivity contribution in [3.63, 3.8) is 0 Å². The molecule has 2 atom stereocenters. The van der Waals surface area contributed by atoms with Gasteiger partial charge in [-0.25, -0.2) is 4.39 Å². The topological polar surface area (TPSA) is 3.24 Å². The van der Waals surface area contributed by atoms with E-state index >= 15 is 0 Å². The molecule has 21 heavy (non-hydrogen) atoms. The summed E-state index contributed by atoms with van der Waals surface area (Å²) in [6, 6.07) is 20.8. The zero-order valence-electron chi connectivity index (χ0n) is 12.3. The molecule has 110 valence electrons. The van der Waals surface area contributed by atoms with Crippen LogP contribution in [0.2, 0.25) is 0 Å². The lowest BCUT2D eigenvalue weighted by atomic mass is 10.1. The Morgan fingerprint density at radius 1 is 0.810 bits per heavy atom. The van der Waals surface area contributed by atoms with Crippen LogP contribution in [0.4, 0.5) is 4.39 Å². The first-order valence-corrected chi connectivity index (χ1v) is 7.79. The quantitative estimate of drug-likeness (QED) is 0.776. The summed E-state index contributed by atoms with van der Waals surface area (Å²) < 4.78 is 14.2. The maximum absolute atomic E-state index is 14.2. The van der Waals surface area contributed by atoms with Gasteiger partial charge in [0.05, 0.1) is 0 Å². The van der Waals surface area contributed by atoms with Crippen LogP contribution in [0.25, 0.3) is 0 Å². The monoisotopic (exact) mass is 283 g/mol. The van der Waals surface area contributed by atoms with Crippen LogP contribution in [-0.4, -0.2) is 17.1 Å². The Balaban J connectivity index is 1.77. The maximum atomic E-state index is 14.2. The van der Waals surface area contributed by atoms with Crippen molar-refractivity contribution in [3.05, 3.63) is 71.8 Å². The second-order valence-corrected chi connectivity index (χ2v) is 5.89. The highest BCUT2D eigenvalue weighted by Crippen LogP contribution is 2.29. The van der Waals surface area contributed by atoms with Crippen molar-refractivity contribution in [1.82, 2.24) is 4.90 Å². The molecule has 3 rings (SSSR count). The summed E-state index contributed by atoms with van der Waals surface area (Å²) in [7, 11) is 0. The molecule has 0 radical (unpaired) electrons. The number of alkyl halides is 1. The highest BCUT2D eigenvalue weighted by molar-refractivity contribution is 5.17. The molecule has 0 aromatic heterocycles. The van der Waals surface area contributed by atoms with Crippen molar-refractivity contribution < 1.29 is 4.39 Å². The third-order valence-electron chi connectivity index (χ3n) is 4.32. The molecule has 2 aromatic carbocycles. The first-order chi connectivity index (χ1) is 10.3. The van der Waals surface area contributed by atoms with Crippen molar-refractivity contribution in [3.8, 4) is 0 Å². The van der Waals surface area contributed by atoms with E-state index in [1.807, 2.05) is 12.1 Å². The summed E-state index contributed by atoms with van der Waals surface area (Å²) in [5, 5.41) is 0. The standard InChI is InChI=1S/C19H22FN/c20-18-12-7-13-19(18)21(14-16-8-3-1-4-9-16)15-17-10-5-2-6-11-17/h1-6,8-11,18-19H,7,12-15H2. The van der Waals surface area contributed by atoms with E-state index in [1.165, 1.54) is 11.1 Å². The summed E-state index contributed by atoms with van der Waals surface area (Å²) in [6.07, 6.45) is 2.01. The minimum atomic E-state index is -0.683. The lowest BCUT2D eigenvalue weighted by Gasteiger charge is -2.30. The highest BCUT2D eigenvalue weighted by atomic mass is 19.1. The zero-order chi connectivity index (χ0) is 14.5. The van der Waals surface area contributed by atoms with Crippen LogP contribution >= 0.6 is 0 Å². The molecule has 0 amide bonds. The van der Waals surface area contributed by atoms with Gasteiger partial charge in [0.1, 0.15) is 6.17 Å². The van der Waals surface area contributed by atoms with Gasteiger partial charge in [0.25, 0.3) is 0 Å². The van der Waals surface area contributed by atoms with Crippen molar-refractivity contribution in [2.75, 3.05) is 0 Å². The molecule has 1 fully saturated rings. The fraction of sp³-hybridized carbons (Fsp3) is 0.368. The Labute approximate surface area is 126 Å². The Hall–Kier alpha value is -1.67. The first-order valence-electron chi connectivity index (χ1n) is 7.79. The number of benzene rings is 2. The van der Waals surface area contributed by atoms with E-state index in [0.29, 0.717) is 6.42 Å². The fourth-order valence-electron chi connectivity index (χ4n) is 3.23. The zero-order valence-corrected chi connectivity index (χ0v) is 12.3. The van der Waals surface area contributed by atoms with Gasteiger partial charge in [-0.2, -0.15) is 0 Å². The average Bonchev–Trinajstić information content (AvgIpc) is 2.95. The van der Waals surface area contributed by atoms with E-state index in [-0.39, 0.29) is 6.04 Å². The van der Waals surface area contributed by atoms with Gasteiger partial charge in [0, 0.05) is 19.1 Å². The molecule has 2 heteroatoms. The van der Waals surface area contributed by atoms with Crippen molar-refractivity contribution >= 4 is 0 Å². The summed E-state index contributed by atoms with van der Waals surface area (Å²) in [5.41, 5.74) is 2.51. The number of hydrogen-bond acceptors (Lipinski definition) is 1. The lowest BCUT2D eigenvalue weighted by molar-refractivity contribution is 0.117. The van der Waals surface area contributed by atoms with E-state index in [4.69, 9.17) is 0 Å². The highest BCUT2D eigenvalue weighted by Gasteiger charge is 2.32. The number of hydrogen-bond donors (Lipinski definition) is 0. The first kappa shape index (κ1) is 14.3. The van der Waals surface area contributed by atoms with Gasteiger partial charge in [-0.1, -0.05) is 60.7 Å². The molecule has 0 N–H and O–H groups in total. The summed E-state index contributed by atoms with van der Waals surface area (Å²) in [5.74, 6) is 0. The summed E-state index contributed by atoms with van der Waals surface area (Å²) >= 11 is 0. The Kier molecular flexibility index (Phi) is 4.66. The third-order valence-corrected chi connectivity index (χ3v) is 4.32. The molecule has 0 bridgehead atoms. The van der Waals surface area contributed by atoms with E-state index in [9.17, 15) is 4.39 Å². The largest absolute Gasteiger partial charge is 0.289 e. The van der Waals surface area contributed by atoms with Gasteiger partial charge in [0.2, 0.25) is 0 Å². The van der Waals surface area contributed by atoms with E-state index in [0.717, 1.165) is 25.9 Å². The second kappa shape index (κ2) is 6.86. The van der Waals surface area contributed by atoms with Crippen LogP contribution in [0.1, 0.15) is 30.4 Å². The predicted molar refractivity (Wildman–Crippen MR) is 84.7 cm³/mol. The van der Waals surface area contributed by atoms with Crippen molar-refractivity contribution in [2.24, 2.45) is 0 Å². The van der Waals surface area contributed by atoms with E-state index < -0.39 is 6.17 Å². The molecule has 0 aliphatic heterocycles. The third kappa shape index (κ3) is 3.70. The van der Waals surface area contributed by atoms with Crippen LogP contribution in [0.3, 0.4) is 0 Å². The van der Waals surface area contributed by atoms with Crippen LogP contribution in [0.5, 0.6) is 0 Å². The molecule has 1 aliphatic rings. The van der Waals surface area contributed by atoms with E-state index in [1.54, 1.807) is 0 Å². The van der Waals surface area contributed by atoms with Crippen LogP contribution in [0, 0.1) is 0 Å². The minimum Gasteiger partial charge on any atom is -0.289 e. The molecule has 2 unspecified atom stereocenters. The fourth-order valence-corrected chi connectivity index (χ4v) is 3.23. The maximum Gasteiger partial charge on any atom is 0.116 e. The van der Waals surface area contributed by atoms with Gasteiger partial charge >= 0.3 is 0 Å². The number of rotatable bonds is 5. The van der Waals surface area contributed by atoms with Gasteiger partial charge < -0.3 is 0 Å². The number of halogens is 1. The van der Waals surface area contributed by atoms with Crippen molar-refractivity contribution in [2.45, 2.75) is 44.6 Å². The Bertz CT molecular complexity index is 499. The molecule has 1 saturated carbocycles. The summed E-state index contributed by atoms with van der Waals surface area (Å²) in [6.45, 7) is 1.64. The smallest absolute Gasteiger partial charge is 0.116 e. The molecule has 2 aromatic rings. The van der Waals surface area contributed by atoms with E-state index in [2.05, 4.69) is 53.4 Å². The predicted octanol–water partition coefficient (Wildman–Crippen LogP) is 4.58. The van der Waals surface area contributed by atoms with Crippen LogP contribution in [0.15, 0.2) is 60.7 Å². The van der Waals surface area contributed by atoms with Gasteiger partial charge in [-0.05, 0) is 30.4 Å². The average molecular weight is 283 g/mol. The SMILES string of the molecule is FC1CCCC1N(Cc1ccccc1)Cc1ccccc1.